The van der Waals surface area contributed by atoms with Crippen LogP contribution in [0.1, 0.15) is 82.2 Å². The molecule has 0 aliphatic heterocycles. The van der Waals surface area contributed by atoms with Gasteiger partial charge in [0.05, 0.1) is 25.0 Å². The van der Waals surface area contributed by atoms with Gasteiger partial charge in [0.1, 0.15) is 4.88 Å². The lowest BCUT2D eigenvalue weighted by Crippen LogP contribution is -2.28. The van der Waals surface area contributed by atoms with Crippen molar-refractivity contribution < 1.29 is 28.7 Å². The number of rotatable bonds is 9. The Morgan fingerprint density at radius 3 is 2.35 bits per heavy atom. The molecule has 0 spiro atoms. The number of anilines is 1. The number of thiazole rings is 1. The van der Waals surface area contributed by atoms with Crippen LogP contribution in [0.5, 0.6) is 0 Å². The summed E-state index contributed by atoms with van der Waals surface area (Å²) < 4.78 is 9.91. The number of amides is 2. The summed E-state index contributed by atoms with van der Waals surface area (Å²) in [4.78, 5) is 53.6. The molecule has 1 aromatic heterocycles. The van der Waals surface area contributed by atoms with Crippen molar-refractivity contribution in [2.45, 2.75) is 52.9 Å². The highest BCUT2D eigenvalue weighted by Gasteiger charge is 2.21. The fourth-order valence-corrected chi connectivity index (χ4v) is 3.78. The third kappa shape index (κ3) is 7.38. The van der Waals surface area contributed by atoms with Gasteiger partial charge < -0.3 is 20.1 Å². The van der Waals surface area contributed by atoms with Crippen LogP contribution in [0, 0.1) is 6.92 Å². The Labute approximate surface area is 203 Å². The molecule has 184 valence electrons. The second-order valence-corrected chi connectivity index (χ2v) is 9.66. The molecule has 2 N–H and O–H groups in total. The van der Waals surface area contributed by atoms with E-state index < -0.39 is 17.8 Å². The van der Waals surface area contributed by atoms with E-state index >= 15 is 0 Å². The van der Waals surface area contributed by atoms with E-state index in [0.29, 0.717) is 29.2 Å². The van der Waals surface area contributed by atoms with Crippen molar-refractivity contribution in [3.63, 3.8) is 0 Å². The van der Waals surface area contributed by atoms with Gasteiger partial charge in [-0.2, -0.15) is 0 Å². The number of nitrogens with zero attached hydrogens (tertiary/aromatic N) is 1. The van der Waals surface area contributed by atoms with Gasteiger partial charge >= 0.3 is 11.9 Å². The molecule has 0 saturated heterocycles. The fraction of sp³-hybridized carbons (Fsp3) is 0.458. The van der Waals surface area contributed by atoms with Gasteiger partial charge in [-0.1, -0.05) is 39.0 Å². The molecular weight excluding hydrogens is 458 g/mol. The number of aromatic nitrogens is 1. The molecule has 1 aromatic carbocycles. The van der Waals surface area contributed by atoms with Crippen LogP contribution in [0.3, 0.4) is 0 Å². The van der Waals surface area contributed by atoms with Crippen LogP contribution in [0.15, 0.2) is 18.2 Å². The fourth-order valence-electron chi connectivity index (χ4n) is 2.90. The number of hydrogen-bond acceptors (Lipinski definition) is 8. The molecule has 10 heteroatoms. The number of benzene rings is 1. The monoisotopic (exact) mass is 489 g/mol. The zero-order chi connectivity index (χ0) is 25.5. The molecule has 2 aromatic rings. The highest BCUT2D eigenvalue weighted by Crippen LogP contribution is 2.25. The summed E-state index contributed by atoms with van der Waals surface area (Å²) in [6.45, 7) is 9.89. The van der Waals surface area contributed by atoms with E-state index in [4.69, 9.17) is 9.47 Å². The second kappa shape index (κ2) is 11.7. The first-order chi connectivity index (χ1) is 16.0. The largest absolute Gasteiger partial charge is 0.465 e. The SMILES string of the molecule is CCCOC(=O)c1sc(NC(=O)CCNC(=O)c2cc(C(=O)OC)cc(C(C)(C)C)c2)nc1C. The number of hydrogen-bond donors (Lipinski definition) is 2. The zero-order valence-corrected chi connectivity index (χ0v) is 21.2. The van der Waals surface area contributed by atoms with Gasteiger partial charge in [-0.3, -0.25) is 9.59 Å². The minimum atomic E-state index is -0.531. The smallest absolute Gasteiger partial charge is 0.350 e. The lowest BCUT2D eigenvalue weighted by Gasteiger charge is -2.20. The van der Waals surface area contributed by atoms with Crippen LogP contribution in [0.2, 0.25) is 0 Å². The Hall–Kier alpha value is -3.27. The second-order valence-electron chi connectivity index (χ2n) is 8.66. The number of methoxy groups -OCH3 is 1. The third-order valence-electron chi connectivity index (χ3n) is 4.79. The molecular formula is C24H31N3O6S. The van der Waals surface area contributed by atoms with E-state index in [1.165, 1.54) is 13.2 Å². The summed E-state index contributed by atoms with van der Waals surface area (Å²) in [5, 5.41) is 5.62. The molecule has 34 heavy (non-hydrogen) atoms. The van der Waals surface area contributed by atoms with Crippen molar-refractivity contribution in [1.82, 2.24) is 10.3 Å². The number of carbonyl (C=O) groups is 4. The topological polar surface area (TPSA) is 124 Å². The van der Waals surface area contributed by atoms with E-state index in [1.54, 1.807) is 19.1 Å². The molecule has 0 aliphatic carbocycles. The van der Waals surface area contributed by atoms with Crippen LogP contribution in [0.4, 0.5) is 5.13 Å². The quantitative estimate of drug-likeness (QED) is 0.513. The Balaban J connectivity index is 1.98. The van der Waals surface area contributed by atoms with Gasteiger partial charge in [0.2, 0.25) is 5.91 Å². The number of esters is 2. The van der Waals surface area contributed by atoms with Crippen molar-refractivity contribution in [1.29, 1.82) is 0 Å². The molecule has 0 bridgehead atoms. The van der Waals surface area contributed by atoms with Gasteiger partial charge in [0.15, 0.2) is 5.13 Å². The molecule has 9 nitrogen and oxygen atoms in total. The lowest BCUT2D eigenvalue weighted by atomic mass is 9.85. The summed E-state index contributed by atoms with van der Waals surface area (Å²) >= 11 is 1.04. The van der Waals surface area contributed by atoms with Crippen molar-refractivity contribution >= 4 is 40.2 Å². The highest BCUT2D eigenvalue weighted by atomic mass is 32.1. The van der Waals surface area contributed by atoms with Crippen molar-refractivity contribution in [2.75, 3.05) is 25.6 Å². The summed E-state index contributed by atoms with van der Waals surface area (Å²) in [5.74, 6) is -1.76. The Morgan fingerprint density at radius 1 is 1.06 bits per heavy atom. The molecule has 2 amide bonds. The molecule has 2 rings (SSSR count). The van der Waals surface area contributed by atoms with E-state index in [0.717, 1.165) is 16.9 Å². The van der Waals surface area contributed by atoms with Gasteiger partial charge in [-0.25, -0.2) is 14.6 Å². The maximum absolute atomic E-state index is 12.7. The average Bonchev–Trinajstić information content (AvgIpc) is 3.15. The highest BCUT2D eigenvalue weighted by molar-refractivity contribution is 7.17. The van der Waals surface area contributed by atoms with E-state index in [-0.39, 0.29) is 35.0 Å². The van der Waals surface area contributed by atoms with E-state index in [2.05, 4.69) is 15.6 Å². The van der Waals surface area contributed by atoms with Crippen molar-refractivity contribution in [3.05, 3.63) is 45.5 Å². The Bertz CT molecular complexity index is 1070. The maximum atomic E-state index is 12.7. The first-order valence-electron chi connectivity index (χ1n) is 10.9. The van der Waals surface area contributed by atoms with Crippen LogP contribution in [-0.4, -0.2) is 49.0 Å². The minimum absolute atomic E-state index is 0.00278. The first-order valence-corrected chi connectivity index (χ1v) is 11.7. The average molecular weight is 490 g/mol. The van der Waals surface area contributed by atoms with Gasteiger partial charge in [-0.15, -0.1) is 0 Å². The third-order valence-corrected chi connectivity index (χ3v) is 5.84. The number of ether oxygens (including phenoxy) is 2. The standard InChI is InChI=1S/C24H31N3O6S/c1-7-10-33-22(31)19-14(2)26-23(34-19)27-18(28)8-9-25-20(29)15-11-16(21(30)32-6)13-17(12-15)24(3,4)5/h11-13H,7-10H2,1-6H3,(H,25,29)(H,26,27,28). The molecule has 0 unspecified atom stereocenters. The predicted octanol–water partition coefficient (Wildman–Crippen LogP) is 3.86. The first kappa shape index (κ1) is 27.0. The Morgan fingerprint density at radius 2 is 1.74 bits per heavy atom. The van der Waals surface area contributed by atoms with E-state index in [1.807, 2.05) is 27.7 Å². The van der Waals surface area contributed by atoms with Crippen molar-refractivity contribution in [2.24, 2.45) is 0 Å². The summed E-state index contributed by atoms with van der Waals surface area (Å²) in [7, 11) is 1.28. The predicted molar refractivity (Wildman–Crippen MR) is 129 cm³/mol. The zero-order valence-electron chi connectivity index (χ0n) is 20.4. The van der Waals surface area contributed by atoms with Crippen molar-refractivity contribution in [3.8, 4) is 0 Å². The van der Waals surface area contributed by atoms with E-state index in [9.17, 15) is 19.2 Å². The number of aryl methyl sites for hydroxylation is 1. The van der Waals surface area contributed by atoms with Crippen LogP contribution < -0.4 is 10.6 Å². The molecule has 0 aliphatic rings. The maximum Gasteiger partial charge on any atom is 0.350 e. The van der Waals surface area contributed by atoms with Gasteiger partial charge in [0, 0.05) is 18.5 Å². The summed E-state index contributed by atoms with van der Waals surface area (Å²) in [5.41, 5.74) is 1.59. The van der Waals surface area contributed by atoms with Crippen LogP contribution >= 0.6 is 11.3 Å². The minimum Gasteiger partial charge on any atom is -0.465 e. The molecule has 0 saturated carbocycles. The molecule has 1 heterocycles. The molecule has 0 atom stereocenters. The normalized spacial score (nSPS) is 11.0. The number of nitrogens with one attached hydrogen (secondary N) is 2. The Kier molecular flexibility index (Phi) is 9.31. The number of carbonyl (C=O) groups excluding carboxylic acids is 4. The van der Waals surface area contributed by atoms with Crippen LogP contribution in [-0.2, 0) is 19.7 Å². The molecule has 0 fully saturated rings. The van der Waals surface area contributed by atoms with Gasteiger partial charge in [-0.05, 0) is 42.5 Å². The lowest BCUT2D eigenvalue weighted by molar-refractivity contribution is -0.116. The van der Waals surface area contributed by atoms with Crippen LogP contribution in [0.25, 0.3) is 0 Å². The van der Waals surface area contributed by atoms with Gasteiger partial charge in [0.25, 0.3) is 5.91 Å². The summed E-state index contributed by atoms with van der Waals surface area (Å²) in [6.07, 6.45) is 0.714. The summed E-state index contributed by atoms with van der Waals surface area (Å²) in [6, 6.07) is 4.89. The molecule has 0 radical (unpaired) electrons.